The Kier molecular flexibility index (Phi) is 6.24. The van der Waals surface area contributed by atoms with E-state index < -0.39 is 0 Å². The van der Waals surface area contributed by atoms with Crippen molar-refractivity contribution in [3.05, 3.63) is 59.7 Å². The molecule has 5 nitrogen and oxygen atoms in total. The summed E-state index contributed by atoms with van der Waals surface area (Å²) < 4.78 is 0. The molecular formula is C22H27N3O2. The number of piperidine rings is 1. The van der Waals surface area contributed by atoms with E-state index in [4.69, 9.17) is 0 Å². The average molecular weight is 365 g/mol. The van der Waals surface area contributed by atoms with Gasteiger partial charge in [-0.25, -0.2) is 0 Å². The molecule has 1 heterocycles. The van der Waals surface area contributed by atoms with Gasteiger partial charge < -0.3 is 10.6 Å². The molecule has 0 aromatic heterocycles. The highest BCUT2D eigenvalue weighted by Crippen LogP contribution is 2.19. The van der Waals surface area contributed by atoms with Crippen LogP contribution in [0.3, 0.4) is 0 Å². The molecular weight excluding hydrogens is 338 g/mol. The third kappa shape index (κ3) is 5.66. The van der Waals surface area contributed by atoms with Crippen LogP contribution in [0.1, 0.15) is 42.6 Å². The van der Waals surface area contributed by atoms with Crippen molar-refractivity contribution in [2.75, 3.05) is 23.7 Å². The molecule has 2 amide bonds. The molecule has 5 heteroatoms. The zero-order valence-corrected chi connectivity index (χ0v) is 16.0. The van der Waals surface area contributed by atoms with Gasteiger partial charge in [-0.1, -0.05) is 25.1 Å². The standard InChI is InChI=1S/C22H27N3O2/c1-16-5-4-12-25(14-16)15-18-8-10-20(11-9-18)24-22(27)19-6-3-7-21(13-19)23-17(2)26/h3,6-11,13,16H,4-5,12,14-15H2,1-2H3,(H,23,26)(H,24,27). The lowest BCUT2D eigenvalue weighted by Crippen LogP contribution is -2.33. The molecule has 1 unspecified atom stereocenters. The maximum Gasteiger partial charge on any atom is 0.255 e. The van der Waals surface area contributed by atoms with Crippen molar-refractivity contribution >= 4 is 23.2 Å². The number of benzene rings is 2. The SMILES string of the molecule is CC(=O)Nc1cccc(C(=O)Nc2ccc(CN3CCCC(C)C3)cc2)c1. The third-order valence-corrected chi connectivity index (χ3v) is 4.80. The number of amides is 2. The molecule has 1 aliphatic rings. The number of carbonyl (C=O) groups excluding carboxylic acids is 2. The number of carbonyl (C=O) groups is 2. The second kappa shape index (κ2) is 8.82. The fraction of sp³-hybridized carbons (Fsp3) is 0.364. The van der Waals surface area contributed by atoms with E-state index in [0.29, 0.717) is 11.3 Å². The van der Waals surface area contributed by atoms with Crippen LogP contribution in [0.4, 0.5) is 11.4 Å². The largest absolute Gasteiger partial charge is 0.326 e. The highest BCUT2D eigenvalue weighted by atomic mass is 16.2. The lowest BCUT2D eigenvalue weighted by molar-refractivity contribution is -0.114. The number of anilines is 2. The Balaban J connectivity index is 1.59. The average Bonchev–Trinajstić information content (AvgIpc) is 2.63. The number of nitrogens with one attached hydrogen (secondary N) is 2. The molecule has 27 heavy (non-hydrogen) atoms. The molecule has 0 aliphatic carbocycles. The van der Waals surface area contributed by atoms with E-state index in [1.54, 1.807) is 24.3 Å². The molecule has 0 radical (unpaired) electrons. The maximum absolute atomic E-state index is 12.5. The van der Waals surface area contributed by atoms with Crippen molar-refractivity contribution < 1.29 is 9.59 Å². The van der Waals surface area contributed by atoms with E-state index in [1.165, 1.54) is 25.3 Å². The van der Waals surface area contributed by atoms with Crippen molar-refractivity contribution in [2.24, 2.45) is 5.92 Å². The van der Waals surface area contributed by atoms with Gasteiger partial charge in [0.2, 0.25) is 5.91 Å². The van der Waals surface area contributed by atoms with Crippen molar-refractivity contribution in [1.29, 1.82) is 0 Å². The van der Waals surface area contributed by atoms with Crippen LogP contribution in [-0.4, -0.2) is 29.8 Å². The zero-order valence-electron chi connectivity index (χ0n) is 16.0. The zero-order chi connectivity index (χ0) is 19.2. The normalized spacial score (nSPS) is 17.3. The van der Waals surface area contributed by atoms with E-state index in [2.05, 4.69) is 34.6 Å². The molecule has 2 aromatic carbocycles. The van der Waals surface area contributed by atoms with Crippen LogP contribution in [0.2, 0.25) is 0 Å². The maximum atomic E-state index is 12.5. The first-order valence-corrected chi connectivity index (χ1v) is 9.50. The summed E-state index contributed by atoms with van der Waals surface area (Å²) in [5, 5.41) is 5.60. The van der Waals surface area contributed by atoms with Gasteiger partial charge in [-0.3, -0.25) is 14.5 Å². The van der Waals surface area contributed by atoms with Gasteiger partial charge in [0, 0.05) is 37.0 Å². The molecule has 1 fully saturated rings. The summed E-state index contributed by atoms with van der Waals surface area (Å²) in [5.74, 6) is 0.414. The molecule has 2 N–H and O–H groups in total. The van der Waals surface area contributed by atoms with Gasteiger partial charge in [0.05, 0.1) is 0 Å². The fourth-order valence-electron chi connectivity index (χ4n) is 3.53. The monoisotopic (exact) mass is 365 g/mol. The summed E-state index contributed by atoms with van der Waals surface area (Å²) >= 11 is 0. The first kappa shape index (κ1) is 19.1. The van der Waals surface area contributed by atoms with Crippen LogP contribution < -0.4 is 10.6 Å². The van der Waals surface area contributed by atoms with Gasteiger partial charge >= 0.3 is 0 Å². The smallest absolute Gasteiger partial charge is 0.255 e. The van der Waals surface area contributed by atoms with Gasteiger partial charge in [-0.2, -0.15) is 0 Å². The Labute approximate surface area is 160 Å². The topological polar surface area (TPSA) is 61.4 Å². The molecule has 1 saturated heterocycles. The summed E-state index contributed by atoms with van der Waals surface area (Å²) in [6.45, 7) is 7.03. The van der Waals surface area contributed by atoms with E-state index in [1.807, 2.05) is 12.1 Å². The summed E-state index contributed by atoms with van der Waals surface area (Å²) in [6.07, 6.45) is 2.59. The number of hydrogen-bond donors (Lipinski definition) is 2. The molecule has 0 bridgehead atoms. The first-order chi connectivity index (χ1) is 13.0. The minimum Gasteiger partial charge on any atom is -0.326 e. The van der Waals surface area contributed by atoms with E-state index in [0.717, 1.165) is 31.2 Å². The van der Waals surface area contributed by atoms with Crippen LogP contribution in [-0.2, 0) is 11.3 Å². The molecule has 2 aromatic rings. The Morgan fingerprint density at radius 1 is 1.07 bits per heavy atom. The van der Waals surface area contributed by atoms with Gasteiger partial charge in [0.1, 0.15) is 0 Å². The van der Waals surface area contributed by atoms with Gasteiger partial charge in [0.25, 0.3) is 5.91 Å². The van der Waals surface area contributed by atoms with E-state index >= 15 is 0 Å². The third-order valence-electron chi connectivity index (χ3n) is 4.80. The first-order valence-electron chi connectivity index (χ1n) is 9.50. The lowest BCUT2D eigenvalue weighted by Gasteiger charge is -2.30. The minimum atomic E-state index is -0.195. The predicted octanol–water partition coefficient (Wildman–Crippen LogP) is 4.13. The molecule has 1 atom stereocenters. The highest BCUT2D eigenvalue weighted by Gasteiger charge is 2.16. The van der Waals surface area contributed by atoms with Crippen LogP contribution in [0.25, 0.3) is 0 Å². The van der Waals surface area contributed by atoms with Gasteiger partial charge in [-0.05, 0) is 61.2 Å². The van der Waals surface area contributed by atoms with Crippen molar-refractivity contribution in [3.63, 3.8) is 0 Å². The number of hydrogen-bond acceptors (Lipinski definition) is 3. The summed E-state index contributed by atoms with van der Waals surface area (Å²) in [5.41, 5.74) is 3.14. The second-order valence-corrected chi connectivity index (χ2v) is 7.40. The Morgan fingerprint density at radius 2 is 1.85 bits per heavy atom. The quantitative estimate of drug-likeness (QED) is 0.837. The summed E-state index contributed by atoms with van der Waals surface area (Å²) in [4.78, 5) is 26.1. The van der Waals surface area contributed by atoms with Crippen LogP contribution in [0.5, 0.6) is 0 Å². The van der Waals surface area contributed by atoms with E-state index in [-0.39, 0.29) is 11.8 Å². The minimum absolute atomic E-state index is 0.161. The van der Waals surface area contributed by atoms with Crippen molar-refractivity contribution in [1.82, 2.24) is 4.90 Å². The molecule has 3 rings (SSSR count). The van der Waals surface area contributed by atoms with Crippen LogP contribution in [0, 0.1) is 5.92 Å². The summed E-state index contributed by atoms with van der Waals surface area (Å²) in [6, 6.07) is 14.9. The van der Waals surface area contributed by atoms with Crippen LogP contribution in [0.15, 0.2) is 48.5 Å². The Morgan fingerprint density at radius 3 is 2.56 bits per heavy atom. The van der Waals surface area contributed by atoms with Crippen LogP contribution >= 0.6 is 0 Å². The number of nitrogens with zero attached hydrogens (tertiary/aromatic N) is 1. The molecule has 0 saturated carbocycles. The molecule has 142 valence electrons. The summed E-state index contributed by atoms with van der Waals surface area (Å²) in [7, 11) is 0. The van der Waals surface area contributed by atoms with Crippen molar-refractivity contribution in [2.45, 2.75) is 33.2 Å². The number of rotatable bonds is 5. The molecule has 1 aliphatic heterocycles. The number of likely N-dealkylation sites (tertiary alicyclic amines) is 1. The predicted molar refractivity (Wildman–Crippen MR) is 109 cm³/mol. The lowest BCUT2D eigenvalue weighted by atomic mass is 10.00. The Hall–Kier alpha value is -2.66. The van der Waals surface area contributed by atoms with Gasteiger partial charge in [0.15, 0.2) is 0 Å². The fourth-order valence-corrected chi connectivity index (χ4v) is 3.53. The molecule has 0 spiro atoms. The van der Waals surface area contributed by atoms with E-state index in [9.17, 15) is 9.59 Å². The van der Waals surface area contributed by atoms with Gasteiger partial charge in [-0.15, -0.1) is 0 Å². The highest BCUT2D eigenvalue weighted by molar-refractivity contribution is 6.05. The van der Waals surface area contributed by atoms with Crippen molar-refractivity contribution in [3.8, 4) is 0 Å². The second-order valence-electron chi connectivity index (χ2n) is 7.40. The Bertz CT molecular complexity index is 801.